The van der Waals surface area contributed by atoms with Gasteiger partial charge in [0.25, 0.3) is 0 Å². The molecule has 0 saturated carbocycles. The lowest BCUT2D eigenvalue weighted by Crippen LogP contribution is -2.46. The van der Waals surface area contributed by atoms with Crippen molar-refractivity contribution in [2.45, 2.75) is 78.6 Å². The Morgan fingerprint density at radius 2 is 1.69 bits per heavy atom. The number of Topliss-reactive ketones (excluding diaryl/α,β-unsaturated/α-hetero) is 1. The molecule has 5 nitrogen and oxygen atoms in total. The highest BCUT2D eigenvalue weighted by Gasteiger charge is 2.40. The Morgan fingerprint density at radius 3 is 2.14 bits per heavy atom. The van der Waals surface area contributed by atoms with Gasteiger partial charge < -0.3 is 14.5 Å². The first-order valence-corrected chi connectivity index (χ1v) is 13.2. The number of ketones is 1. The van der Waals surface area contributed by atoms with Crippen molar-refractivity contribution in [1.29, 1.82) is 0 Å². The zero-order chi connectivity index (χ0) is 22.4. The molecule has 29 heavy (non-hydrogen) atoms. The number of hydrogen-bond donors (Lipinski definition) is 1. The Kier molecular flexibility index (Phi) is 8.97. The maximum Gasteiger partial charge on any atom is 0.221 e. The van der Waals surface area contributed by atoms with E-state index in [2.05, 4.69) is 46.1 Å². The van der Waals surface area contributed by atoms with Crippen LogP contribution in [0, 0.1) is 11.8 Å². The number of benzene rings is 1. The van der Waals surface area contributed by atoms with Crippen molar-refractivity contribution in [2.24, 2.45) is 11.8 Å². The van der Waals surface area contributed by atoms with Crippen LogP contribution in [0.2, 0.25) is 18.1 Å². The Balaban J connectivity index is 3.01. The number of rotatable bonds is 10. The number of carbonyl (C=O) groups is 3. The Labute approximate surface area is 176 Å². The molecule has 0 radical (unpaired) electrons. The molecular formula is C23H37NO4Si. The minimum atomic E-state index is -2.08. The molecule has 1 amide bonds. The van der Waals surface area contributed by atoms with Crippen LogP contribution < -0.4 is 5.32 Å². The van der Waals surface area contributed by atoms with Gasteiger partial charge in [-0.15, -0.1) is 0 Å². The van der Waals surface area contributed by atoms with Crippen LogP contribution in [0.1, 0.15) is 64.7 Å². The van der Waals surface area contributed by atoms with Crippen LogP contribution in [-0.2, 0) is 14.0 Å². The van der Waals surface area contributed by atoms with Gasteiger partial charge in [-0.2, -0.15) is 0 Å². The summed E-state index contributed by atoms with van der Waals surface area (Å²) in [4.78, 5) is 35.3. The minimum absolute atomic E-state index is 0.00805. The lowest BCUT2D eigenvalue weighted by molar-refractivity contribution is -0.114. The van der Waals surface area contributed by atoms with Crippen LogP contribution in [0.25, 0.3) is 0 Å². The van der Waals surface area contributed by atoms with Gasteiger partial charge in [0.1, 0.15) is 6.29 Å². The molecule has 0 spiro atoms. The molecule has 0 heterocycles. The Bertz CT molecular complexity index is 707. The monoisotopic (exact) mass is 419 g/mol. The SMILES string of the molecule is CC(=O)Nc1ccc(C(=O)C[C@@H](O[Si](C)(C)C(C)(C)C)[C@H](C)C[C@@H](C)C=O)cc1. The molecule has 0 fully saturated rings. The number of anilines is 1. The summed E-state index contributed by atoms with van der Waals surface area (Å²) in [5, 5.41) is 2.74. The standard InChI is InChI=1S/C23H37NO4Si/c1-16(15-25)13-17(2)22(28-29(7,8)23(4,5)6)14-21(27)19-9-11-20(12-10-19)24-18(3)26/h9-12,15-17,22H,13-14H2,1-8H3,(H,24,26)/t16-,17-,22-/m1/s1. The fraction of sp³-hybridized carbons (Fsp3) is 0.609. The summed E-state index contributed by atoms with van der Waals surface area (Å²) < 4.78 is 6.62. The van der Waals surface area contributed by atoms with Crippen molar-refractivity contribution in [3.63, 3.8) is 0 Å². The third-order valence-electron chi connectivity index (χ3n) is 5.78. The predicted molar refractivity (Wildman–Crippen MR) is 121 cm³/mol. The first-order valence-electron chi connectivity index (χ1n) is 10.3. The highest BCUT2D eigenvalue weighted by Crippen LogP contribution is 2.39. The van der Waals surface area contributed by atoms with Crippen molar-refractivity contribution >= 4 is 32.0 Å². The van der Waals surface area contributed by atoms with E-state index in [-0.39, 0.29) is 41.1 Å². The highest BCUT2D eigenvalue weighted by molar-refractivity contribution is 6.74. The summed E-state index contributed by atoms with van der Waals surface area (Å²) in [7, 11) is -2.08. The van der Waals surface area contributed by atoms with Crippen LogP contribution in [0.3, 0.4) is 0 Å². The van der Waals surface area contributed by atoms with Crippen molar-refractivity contribution in [1.82, 2.24) is 0 Å². The summed E-state index contributed by atoms with van der Waals surface area (Å²) in [5.41, 5.74) is 1.26. The molecule has 0 aliphatic carbocycles. The molecule has 0 aliphatic rings. The molecule has 1 aromatic carbocycles. The quantitative estimate of drug-likeness (QED) is 0.310. The van der Waals surface area contributed by atoms with E-state index >= 15 is 0 Å². The number of nitrogens with one attached hydrogen (secondary N) is 1. The second kappa shape index (κ2) is 10.3. The average molecular weight is 420 g/mol. The lowest BCUT2D eigenvalue weighted by atomic mass is 9.90. The zero-order valence-corrected chi connectivity index (χ0v) is 20.2. The molecule has 6 heteroatoms. The predicted octanol–water partition coefficient (Wildman–Crippen LogP) is 5.47. The smallest absolute Gasteiger partial charge is 0.221 e. The summed E-state index contributed by atoms with van der Waals surface area (Å²) in [6, 6.07) is 6.93. The van der Waals surface area contributed by atoms with E-state index in [0.717, 1.165) is 6.29 Å². The van der Waals surface area contributed by atoms with E-state index < -0.39 is 8.32 Å². The first kappa shape index (κ1) is 25.2. The molecule has 1 rings (SSSR count). The second-order valence-corrected chi connectivity index (χ2v) is 14.4. The largest absolute Gasteiger partial charge is 0.413 e. The highest BCUT2D eigenvalue weighted by atomic mass is 28.4. The molecule has 0 saturated heterocycles. The van der Waals surface area contributed by atoms with Crippen LogP contribution in [0.15, 0.2) is 24.3 Å². The van der Waals surface area contributed by atoms with Crippen molar-refractivity contribution < 1.29 is 18.8 Å². The minimum Gasteiger partial charge on any atom is -0.413 e. The van der Waals surface area contributed by atoms with Crippen LogP contribution in [0.4, 0.5) is 5.69 Å². The lowest BCUT2D eigenvalue weighted by Gasteiger charge is -2.41. The van der Waals surface area contributed by atoms with Crippen LogP contribution >= 0.6 is 0 Å². The van der Waals surface area contributed by atoms with Crippen LogP contribution in [0.5, 0.6) is 0 Å². The number of carbonyl (C=O) groups excluding carboxylic acids is 3. The van der Waals surface area contributed by atoms with Gasteiger partial charge in [0.15, 0.2) is 14.1 Å². The second-order valence-electron chi connectivity index (χ2n) is 9.63. The third kappa shape index (κ3) is 7.86. The molecule has 162 valence electrons. The fourth-order valence-electron chi connectivity index (χ4n) is 2.95. The average Bonchev–Trinajstić information content (AvgIpc) is 2.59. The fourth-order valence-corrected chi connectivity index (χ4v) is 4.38. The Morgan fingerprint density at radius 1 is 1.14 bits per heavy atom. The first-order chi connectivity index (χ1) is 13.3. The molecule has 0 aliphatic heterocycles. The normalized spacial score (nSPS) is 15.3. The van der Waals surface area contributed by atoms with Crippen LogP contribution in [-0.4, -0.2) is 32.4 Å². The maximum atomic E-state index is 13.0. The van der Waals surface area contributed by atoms with Gasteiger partial charge in [0.2, 0.25) is 5.91 Å². The number of amides is 1. The maximum absolute atomic E-state index is 13.0. The third-order valence-corrected chi connectivity index (χ3v) is 10.3. The number of hydrogen-bond acceptors (Lipinski definition) is 4. The summed E-state index contributed by atoms with van der Waals surface area (Å²) >= 11 is 0. The van der Waals surface area contributed by atoms with Gasteiger partial charge in [-0.1, -0.05) is 34.6 Å². The van der Waals surface area contributed by atoms with E-state index in [9.17, 15) is 14.4 Å². The molecule has 0 bridgehead atoms. The summed E-state index contributed by atoms with van der Waals surface area (Å²) in [6.07, 6.45) is 1.69. The van der Waals surface area contributed by atoms with Gasteiger partial charge in [0, 0.05) is 30.5 Å². The van der Waals surface area contributed by atoms with E-state index in [1.54, 1.807) is 24.3 Å². The van der Waals surface area contributed by atoms with Crippen molar-refractivity contribution in [3.8, 4) is 0 Å². The molecule has 0 unspecified atom stereocenters. The Hall–Kier alpha value is -1.79. The topological polar surface area (TPSA) is 72.5 Å². The van der Waals surface area contributed by atoms with Crippen molar-refractivity contribution in [2.75, 3.05) is 5.32 Å². The molecule has 3 atom stereocenters. The summed E-state index contributed by atoms with van der Waals surface area (Å²) in [5.74, 6) is -0.117. The van der Waals surface area contributed by atoms with Gasteiger partial charge in [-0.3, -0.25) is 9.59 Å². The molecular weight excluding hydrogens is 382 g/mol. The molecule has 1 N–H and O–H groups in total. The van der Waals surface area contributed by atoms with E-state index in [1.807, 2.05) is 6.92 Å². The van der Waals surface area contributed by atoms with Gasteiger partial charge in [0.05, 0.1) is 6.10 Å². The van der Waals surface area contributed by atoms with E-state index in [4.69, 9.17) is 4.43 Å². The van der Waals surface area contributed by atoms with Gasteiger partial charge in [-0.05, 0) is 54.7 Å². The molecule has 0 aromatic heterocycles. The summed E-state index contributed by atoms with van der Waals surface area (Å²) in [6.45, 7) is 16.3. The van der Waals surface area contributed by atoms with E-state index in [0.29, 0.717) is 17.7 Å². The van der Waals surface area contributed by atoms with E-state index in [1.165, 1.54) is 6.92 Å². The molecule has 1 aromatic rings. The zero-order valence-electron chi connectivity index (χ0n) is 19.2. The van der Waals surface area contributed by atoms with Gasteiger partial charge in [-0.25, -0.2) is 0 Å². The number of aldehydes is 1. The van der Waals surface area contributed by atoms with Crippen molar-refractivity contribution in [3.05, 3.63) is 29.8 Å². The van der Waals surface area contributed by atoms with Gasteiger partial charge >= 0.3 is 0 Å².